The second-order valence-electron chi connectivity index (χ2n) is 11.2. The number of fused-ring (bicyclic) bond motifs is 3. The fourth-order valence-corrected chi connectivity index (χ4v) is 6.85. The molecule has 5 unspecified atom stereocenters. The number of carbonyl (C=O) groups is 1. The average Bonchev–Trinajstić information content (AvgIpc) is 3.42. The van der Waals surface area contributed by atoms with E-state index >= 15 is 4.39 Å². The van der Waals surface area contributed by atoms with Crippen LogP contribution in [0.5, 0.6) is 5.75 Å². The number of H-pyrrole nitrogens is 1. The number of ether oxygens (including phenoxy) is 1. The van der Waals surface area contributed by atoms with Crippen molar-refractivity contribution in [2.45, 2.75) is 88.9 Å². The summed E-state index contributed by atoms with van der Waals surface area (Å²) in [6.45, 7) is 5.05. The summed E-state index contributed by atoms with van der Waals surface area (Å²) in [7, 11) is 0. The Morgan fingerprint density at radius 3 is 3.00 bits per heavy atom. The third-order valence-electron chi connectivity index (χ3n) is 8.64. The third kappa shape index (κ3) is 3.23. The molecule has 3 bridgehead atoms. The lowest BCUT2D eigenvalue weighted by Crippen LogP contribution is -2.64. The number of hydrogen-bond acceptors (Lipinski definition) is 4. The zero-order valence-corrected chi connectivity index (χ0v) is 18.9. The van der Waals surface area contributed by atoms with Crippen molar-refractivity contribution < 1.29 is 19.0 Å². The van der Waals surface area contributed by atoms with Gasteiger partial charge in [-0.25, -0.2) is 9.37 Å². The fraction of sp³-hybridized carbons (Fsp3) is 0.680. The van der Waals surface area contributed by atoms with Gasteiger partial charge in [0.15, 0.2) is 11.6 Å². The molecule has 1 amide bonds. The summed E-state index contributed by atoms with van der Waals surface area (Å²) in [5.74, 6) is 0.212. The Balaban J connectivity index is 1.23. The number of piperidine rings is 1. The molecule has 1 aliphatic heterocycles. The monoisotopic (exact) mass is 441 g/mol. The van der Waals surface area contributed by atoms with Crippen LogP contribution in [0, 0.1) is 17.2 Å². The highest BCUT2D eigenvalue weighted by Crippen LogP contribution is 2.57. The van der Waals surface area contributed by atoms with Crippen LogP contribution < -0.4 is 4.74 Å². The predicted octanol–water partition coefficient (Wildman–Crippen LogP) is 4.28. The van der Waals surface area contributed by atoms with E-state index in [1.54, 1.807) is 6.20 Å². The number of amides is 1. The number of carbonyl (C=O) groups excluding carboxylic acids is 1. The number of aromatic amines is 1. The van der Waals surface area contributed by atoms with E-state index < -0.39 is 11.4 Å². The standard InChI is InChI=1S/C25H32FN3O3/c1-14(18-10-27-23-21(18)22(26)19(11-28-23)32-17-3-4-17)7-20(30)29-12-15-5-6-25(31)9-16(29)8-24(15,2)13-25/h10-11,14-17,31H,3-9,12-13H2,1-2H3,(H,27,28). The number of nitrogens with zero attached hydrogens (tertiary/aromatic N) is 2. The van der Waals surface area contributed by atoms with Crippen LogP contribution in [0.2, 0.25) is 0 Å². The van der Waals surface area contributed by atoms with Gasteiger partial charge < -0.3 is 19.7 Å². The maximum atomic E-state index is 15.2. The van der Waals surface area contributed by atoms with E-state index in [-0.39, 0.29) is 35.1 Å². The second-order valence-corrected chi connectivity index (χ2v) is 11.2. The molecule has 172 valence electrons. The van der Waals surface area contributed by atoms with Crippen LogP contribution in [0.15, 0.2) is 12.4 Å². The number of halogens is 1. The topological polar surface area (TPSA) is 78.5 Å². The summed E-state index contributed by atoms with van der Waals surface area (Å²) in [6.07, 6.45) is 9.91. The van der Waals surface area contributed by atoms with E-state index in [9.17, 15) is 9.90 Å². The van der Waals surface area contributed by atoms with E-state index in [2.05, 4.69) is 16.9 Å². The van der Waals surface area contributed by atoms with Crippen molar-refractivity contribution in [2.24, 2.45) is 11.3 Å². The molecule has 0 aromatic carbocycles. The van der Waals surface area contributed by atoms with Crippen molar-refractivity contribution in [3.63, 3.8) is 0 Å². The average molecular weight is 442 g/mol. The molecule has 7 heteroatoms. The molecule has 6 rings (SSSR count). The Morgan fingerprint density at radius 1 is 1.41 bits per heavy atom. The SMILES string of the molecule is CC(CC(=O)N1CC2CCC3(O)CC1CC2(C)C3)c1c[nH]c2ncc(OC3CC3)c(F)c12. The molecular formula is C25H32FN3O3. The zero-order chi connectivity index (χ0) is 22.3. The summed E-state index contributed by atoms with van der Waals surface area (Å²) in [4.78, 5) is 22.9. The first-order valence-corrected chi connectivity index (χ1v) is 12.1. The molecule has 3 aliphatic carbocycles. The van der Waals surface area contributed by atoms with Crippen LogP contribution in [0.4, 0.5) is 4.39 Å². The summed E-state index contributed by atoms with van der Waals surface area (Å²) in [6, 6.07) is 0.106. The van der Waals surface area contributed by atoms with Gasteiger partial charge in [0.25, 0.3) is 0 Å². The van der Waals surface area contributed by atoms with Crippen molar-refractivity contribution in [2.75, 3.05) is 6.54 Å². The molecule has 1 saturated heterocycles. The van der Waals surface area contributed by atoms with E-state index in [1.165, 1.54) is 6.20 Å². The molecule has 2 aromatic heterocycles. The number of nitrogens with one attached hydrogen (secondary N) is 1. The maximum Gasteiger partial charge on any atom is 0.223 e. The van der Waals surface area contributed by atoms with Gasteiger partial charge in [-0.1, -0.05) is 13.8 Å². The number of aliphatic hydroxyl groups is 1. The van der Waals surface area contributed by atoms with Gasteiger partial charge in [-0.05, 0) is 67.8 Å². The molecule has 5 atom stereocenters. The van der Waals surface area contributed by atoms with Crippen molar-refractivity contribution in [3.8, 4) is 5.75 Å². The first kappa shape index (κ1) is 20.5. The lowest BCUT2D eigenvalue weighted by Gasteiger charge is -2.61. The summed E-state index contributed by atoms with van der Waals surface area (Å²) in [5, 5.41) is 11.5. The molecule has 2 aromatic rings. The molecule has 2 N–H and O–H groups in total. The molecule has 0 radical (unpaired) electrons. The summed E-state index contributed by atoms with van der Waals surface area (Å²) >= 11 is 0. The van der Waals surface area contributed by atoms with Crippen molar-refractivity contribution in [1.82, 2.24) is 14.9 Å². The smallest absolute Gasteiger partial charge is 0.223 e. The maximum absolute atomic E-state index is 15.2. The number of aromatic nitrogens is 2. The minimum absolute atomic E-state index is 0.0931. The van der Waals surface area contributed by atoms with Gasteiger partial charge in [0, 0.05) is 25.2 Å². The molecule has 4 fully saturated rings. The largest absolute Gasteiger partial charge is 0.486 e. The molecule has 32 heavy (non-hydrogen) atoms. The quantitative estimate of drug-likeness (QED) is 0.726. The van der Waals surface area contributed by atoms with E-state index in [0.717, 1.165) is 50.6 Å². The molecule has 4 aliphatic rings. The minimum atomic E-state index is -0.623. The molecule has 3 heterocycles. The molecule has 6 nitrogen and oxygen atoms in total. The first-order chi connectivity index (χ1) is 15.2. The second kappa shape index (κ2) is 6.92. The Morgan fingerprint density at radius 2 is 2.22 bits per heavy atom. The van der Waals surface area contributed by atoms with Crippen LogP contribution in [-0.2, 0) is 4.79 Å². The normalized spacial score (nSPS) is 34.7. The number of hydrogen-bond donors (Lipinski definition) is 2. The lowest BCUT2D eigenvalue weighted by molar-refractivity contribution is -0.178. The summed E-state index contributed by atoms with van der Waals surface area (Å²) in [5.41, 5.74) is 0.773. The predicted molar refractivity (Wildman–Crippen MR) is 118 cm³/mol. The molecule has 3 saturated carbocycles. The Labute approximate surface area is 187 Å². The highest BCUT2D eigenvalue weighted by atomic mass is 19.1. The van der Waals surface area contributed by atoms with Crippen LogP contribution in [0.25, 0.3) is 11.0 Å². The van der Waals surface area contributed by atoms with E-state index in [1.807, 2.05) is 11.8 Å². The van der Waals surface area contributed by atoms with Crippen molar-refractivity contribution in [1.29, 1.82) is 0 Å². The number of rotatable bonds is 5. The minimum Gasteiger partial charge on any atom is -0.486 e. The molecule has 0 spiro atoms. The number of likely N-dealkylation sites (tertiary alicyclic amines) is 1. The van der Waals surface area contributed by atoms with Crippen molar-refractivity contribution in [3.05, 3.63) is 23.8 Å². The highest BCUT2D eigenvalue weighted by Gasteiger charge is 2.57. The summed E-state index contributed by atoms with van der Waals surface area (Å²) < 4.78 is 20.9. The van der Waals surface area contributed by atoms with Gasteiger partial charge in [-0.15, -0.1) is 0 Å². The molecular weight excluding hydrogens is 409 g/mol. The highest BCUT2D eigenvalue weighted by molar-refractivity contribution is 5.84. The number of pyridine rings is 1. The Hall–Kier alpha value is -2.15. The van der Waals surface area contributed by atoms with Gasteiger partial charge >= 0.3 is 0 Å². The van der Waals surface area contributed by atoms with E-state index in [4.69, 9.17) is 4.74 Å². The van der Waals surface area contributed by atoms with Crippen LogP contribution >= 0.6 is 0 Å². The van der Waals surface area contributed by atoms with Gasteiger partial charge in [-0.3, -0.25) is 4.79 Å². The van der Waals surface area contributed by atoms with Crippen LogP contribution in [-0.4, -0.2) is 50.2 Å². The van der Waals surface area contributed by atoms with Crippen LogP contribution in [0.3, 0.4) is 0 Å². The third-order valence-corrected chi connectivity index (χ3v) is 8.64. The Kier molecular flexibility index (Phi) is 4.43. The van der Waals surface area contributed by atoms with Gasteiger partial charge in [0.2, 0.25) is 5.91 Å². The van der Waals surface area contributed by atoms with E-state index in [0.29, 0.717) is 29.8 Å². The van der Waals surface area contributed by atoms with Gasteiger partial charge in [-0.2, -0.15) is 0 Å². The fourth-order valence-electron chi connectivity index (χ4n) is 6.85. The zero-order valence-electron chi connectivity index (χ0n) is 18.9. The van der Waals surface area contributed by atoms with Gasteiger partial charge in [0.1, 0.15) is 5.65 Å². The van der Waals surface area contributed by atoms with Crippen molar-refractivity contribution >= 4 is 16.9 Å². The lowest BCUT2D eigenvalue weighted by atomic mass is 9.52. The van der Waals surface area contributed by atoms with Crippen LogP contribution in [0.1, 0.15) is 76.7 Å². The van der Waals surface area contributed by atoms with Gasteiger partial charge in [0.05, 0.1) is 23.3 Å². The Bertz CT molecular complexity index is 1080. The first-order valence-electron chi connectivity index (χ1n) is 12.1.